The number of carbonyl (C=O) groups is 5. The zero-order valence-corrected chi connectivity index (χ0v) is 25.5. The summed E-state index contributed by atoms with van der Waals surface area (Å²) in [5.41, 5.74) is 9.90. The molecule has 2 atom stereocenters. The van der Waals surface area contributed by atoms with E-state index in [9.17, 15) is 34.2 Å². The number of aromatic nitrogens is 4. The second-order valence-corrected chi connectivity index (χ2v) is 11.9. The van der Waals surface area contributed by atoms with Crippen molar-refractivity contribution >= 4 is 75.3 Å². The van der Waals surface area contributed by atoms with Gasteiger partial charge >= 0.3 is 11.9 Å². The molecule has 19 nitrogen and oxygen atoms in total. The molecule has 2 aromatic rings. The van der Waals surface area contributed by atoms with Crippen molar-refractivity contribution in [1.29, 1.82) is 0 Å². The third-order valence-electron chi connectivity index (χ3n) is 6.54. The van der Waals surface area contributed by atoms with Crippen LogP contribution < -0.4 is 32.1 Å². The molecule has 0 radical (unpaired) electrons. The maximum atomic E-state index is 13.2. The quantitative estimate of drug-likeness (QED) is 0.0541. The first-order chi connectivity index (χ1) is 20.7. The maximum Gasteiger partial charge on any atom is 0.352 e. The molecule has 2 aliphatic rings. The van der Waals surface area contributed by atoms with Crippen LogP contribution in [0.1, 0.15) is 19.7 Å². The standard InChI is InChI=1S/C23H29N11O8S2/c1-23(2,21(40)41)42-30-12(16-29-22(25)44-31-16)17(36)28-13-18(37)34-14(20(38)39)9(8-43-19(13)34)6-33-7-10(15(24)32(33)4)27-11(35)5-26-3/h7,13,19,24,26H,5-6,8H2,1-4H3,(H6,25,27,28,29,31,35,36,38,39,40,41)/p+1/b30-12-/t13-,19-/m1/s1. The van der Waals surface area contributed by atoms with Gasteiger partial charge in [-0.25, -0.2) is 9.59 Å². The van der Waals surface area contributed by atoms with Crippen LogP contribution in [0.4, 0.5) is 16.6 Å². The average Bonchev–Trinajstić information content (AvgIpc) is 3.49. The summed E-state index contributed by atoms with van der Waals surface area (Å²) in [5, 5.41) is 30.2. The molecule has 0 saturated carbocycles. The number of carboxylic acid groups (broad SMARTS) is 2. The van der Waals surface area contributed by atoms with Gasteiger partial charge in [0.15, 0.2) is 23.2 Å². The van der Waals surface area contributed by atoms with Gasteiger partial charge in [-0.1, -0.05) is 5.16 Å². The molecule has 2 aliphatic heterocycles. The molecule has 3 amide bonds. The topological polar surface area (TPSA) is 273 Å². The highest BCUT2D eigenvalue weighted by Gasteiger charge is 2.55. The van der Waals surface area contributed by atoms with Crippen molar-refractivity contribution in [3.05, 3.63) is 23.3 Å². The smallest absolute Gasteiger partial charge is 0.352 e. The van der Waals surface area contributed by atoms with Crippen LogP contribution in [0.25, 0.3) is 0 Å². The van der Waals surface area contributed by atoms with E-state index in [-0.39, 0.29) is 47.2 Å². The number of nitrogens with zero attached hydrogens (tertiary/aromatic N) is 6. The first-order valence-corrected chi connectivity index (χ1v) is 14.6. The molecule has 4 rings (SSSR count). The molecule has 0 aliphatic carbocycles. The van der Waals surface area contributed by atoms with Gasteiger partial charge in [0.05, 0.1) is 13.6 Å². The van der Waals surface area contributed by atoms with E-state index >= 15 is 0 Å². The van der Waals surface area contributed by atoms with Crippen LogP contribution in [0.5, 0.6) is 0 Å². The molecule has 0 aromatic carbocycles. The zero-order chi connectivity index (χ0) is 32.5. The fraction of sp³-hybridized carbons (Fsp3) is 0.435. The Bertz CT molecular complexity index is 1600. The van der Waals surface area contributed by atoms with Crippen molar-refractivity contribution in [1.82, 2.24) is 29.6 Å². The number of thioether (sulfide) groups is 1. The Labute approximate surface area is 257 Å². The highest BCUT2D eigenvalue weighted by Crippen LogP contribution is 2.40. The molecular formula is C23H30N11O8S2+. The van der Waals surface area contributed by atoms with Crippen LogP contribution in [0.2, 0.25) is 0 Å². The minimum atomic E-state index is -1.81. The predicted molar refractivity (Wildman–Crippen MR) is 156 cm³/mol. The van der Waals surface area contributed by atoms with E-state index in [1.807, 2.05) is 0 Å². The number of rotatable bonds is 12. The van der Waals surface area contributed by atoms with Gasteiger partial charge in [0, 0.05) is 22.9 Å². The van der Waals surface area contributed by atoms with E-state index in [1.165, 1.54) is 30.3 Å². The highest BCUT2D eigenvalue weighted by molar-refractivity contribution is 8.00. The molecule has 44 heavy (non-hydrogen) atoms. The Morgan fingerprint density at radius 2 is 1.98 bits per heavy atom. The second-order valence-electron chi connectivity index (χ2n) is 10.0. The summed E-state index contributed by atoms with van der Waals surface area (Å²) in [6, 6.07) is -1.15. The van der Waals surface area contributed by atoms with Crippen LogP contribution in [0.15, 0.2) is 22.6 Å². The zero-order valence-electron chi connectivity index (χ0n) is 23.9. The predicted octanol–water partition coefficient (Wildman–Crippen LogP) is -2.49. The summed E-state index contributed by atoms with van der Waals surface area (Å²) in [6.07, 6.45) is 1.56. The Balaban J connectivity index is 1.55. The Hall–Kier alpha value is -4.76. The summed E-state index contributed by atoms with van der Waals surface area (Å²) >= 11 is 1.98. The van der Waals surface area contributed by atoms with Crippen LogP contribution in [-0.2, 0) is 42.4 Å². The maximum absolute atomic E-state index is 13.2. The molecule has 21 heteroatoms. The number of fused-ring (bicyclic) bond motifs is 1. The largest absolute Gasteiger partial charge is 0.478 e. The number of aliphatic carboxylic acids is 2. The lowest BCUT2D eigenvalue weighted by molar-refractivity contribution is -0.765. The molecule has 4 heterocycles. The molecule has 0 unspecified atom stereocenters. The van der Waals surface area contributed by atoms with Crippen molar-refractivity contribution in [3.63, 3.8) is 0 Å². The molecule has 1 fully saturated rings. The Kier molecular flexibility index (Phi) is 9.11. The lowest BCUT2D eigenvalue weighted by Crippen LogP contribution is -2.71. The summed E-state index contributed by atoms with van der Waals surface area (Å²) in [5.74, 6) is -4.51. The highest BCUT2D eigenvalue weighted by atomic mass is 32.2. The van der Waals surface area contributed by atoms with Gasteiger partial charge in [-0.3, -0.25) is 19.3 Å². The SMILES string of the molecule is CNCC(=O)Nc1c[n+](CC2=C(C(=O)O)N3C(=O)[C@@H](NC(=O)/C(=N\OC(C)(C)C(=O)O)c4nsc(N)n4)[C@H]3SC2)n(C)c1N. The van der Waals surface area contributed by atoms with E-state index in [0.717, 1.165) is 16.4 Å². The number of nitrogens with two attached hydrogens (primary N) is 2. The second kappa shape index (κ2) is 12.5. The van der Waals surface area contributed by atoms with Crippen molar-refractivity contribution in [2.45, 2.75) is 37.4 Å². The van der Waals surface area contributed by atoms with E-state index < -0.39 is 46.5 Å². The van der Waals surface area contributed by atoms with Crippen molar-refractivity contribution in [2.75, 3.05) is 36.1 Å². The number of likely N-dealkylation sites (N-methyl/N-ethyl adjacent to an activating group) is 1. The number of oxime groups is 1. The monoisotopic (exact) mass is 652 g/mol. The number of hydrogen-bond acceptors (Lipinski definition) is 14. The third-order valence-corrected chi connectivity index (χ3v) is 8.42. The Morgan fingerprint density at radius 3 is 2.57 bits per heavy atom. The molecule has 9 N–H and O–H groups in total. The molecule has 236 valence electrons. The molecule has 1 saturated heterocycles. The number of amides is 3. The third kappa shape index (κ3) is 6.28. The van der Waals surface area contributed by atoms with Crippen molar-refractivity contribution in [3.8, 4) is 0 Å². The number of nitrogens with one attached hydrogen (secondary N) is 3. The van der Waals surface area contributed by atoms with Gasteiger partial charge < -0.3 is 42.5 Å². The lowest BCUT2D eigenvalue weighted by Gasteiger charge is -2.49. The van der Waals surface area contributed by atoms with Crippen LogP contribution in [0.3, 0.4) is 0 Å². The first-order valence-electron chi connectivity index (χ1n) is 12.8. The van der Waals surface area contributed by atoms with Crippen LogP contribution >= 0.6 is 23.3 Å². The van der Waals surface area contributed by atoms with Gasteiger partial charge in [0.1, 0.15) is 17.1 Å². The molecule has 2 aromatic heterocycles. The first kappa shape index (κ1) is 32.2. The summed E-state index contributed by atoms with van der Waals surface area (Å²) < 4.78 is 7.05. The minimum absolute atomic E-state index is 0.000751. The van der Waals surface area contributed by atoms with Gasteiger partial charge in [0.25, 0.3) is 11.8 Å². The number of anilines is 3. The number of β-lactam (4-membered cyclic amide) rings is 1. The lowest BCUT2D eigenvalue weighted by atomic mass is 10.0. The van der Waals surface area contributed by atoms with E-state index in [2.05, 4.69) is 30.5 Å². The number of carboxylic acids is 2. The number of carbonyl (C=O) groups excluding carboxylic acids is 3. The Morgan fingerprint density at radius 1 is 1.27 bits per heavy atom. The fourth-order valence-corrected chi connectivity index (χ4v) is 5.91. The molecule has 0 spiro atoms. The fourth-order valence-electron chi connectivity index (χ4n) is 4.14. The van der Waals surface area contributed by atoms with Gasteiger partial charge in [-0.2, -0.15) is 9.36 Å². The average molecular weight is 653 g/mol. The van der Waals surface area contributed by atoms with Gasteiger partial charge in [-0.15, -0.1) is 21.1 Å². The number of hydrogen-bond donors (Lipinski definition) is 7. The van der Waals surface area contributed by atoms with Crippen molar-refractivity contribution < 1.29 is 43.7 Å². The normalized spacial score (nSPS) is 18.4. The summed E-state index contributed by atoms with van der Waals surface area (Å²) in [4.78, 5) is 72.3. The minimum Gasteiger partial charge on any atom is -0.478 e. The van der Waals surface area contributed by atoms with Gasteiger partial charge in [-0.05, 0) is 20.9 Å². The summed E-state index contributed by atoms with van der Waals surface area (Å²) in [7, 11) is 3.25. The van der Waals surface area contributed by atoms with Crippen LogP contribution in [-0.4, -0.2) is 101 Å². The summed E-state index contributed by atoms with van der Waals surface area (Å²) in [6.45, 7) is 2.52. The van der Waals surface area contributed by atoms with Gasteiger partial charge in [0.2, 0.25) is 29.2 Å². The molecule has 0 bridgehead atoms. The van der Waals surface area contributed by atoms with E-state index in [0.29, 0.717) is 11.3 Å². The van der Waals surface area contributed by atoms with Crippen LogP contribution in [0, 0.1) is 0 Å². The van der Waals surface area contributed by atoms with E-state index in [4.69, 9.17) is 16.3 Å². The number of nitrogen functional groups attached to an aromatic ring is 2. The van der Waals surface area contributed by atoms with E-state index in [1.54, 1.807) is 25.0 Å². The van der Waals surface area contributed by atoms with Crippen molar-refractivity contribution in [2.24, 2.45) is 12.2 Å². The molecular weight excluding hydrogens is 622 g/mol.